The molecular weight excluding hydrogens is 160 g/mol. The first-order chi connectivity index (χ1) is 6.24. The second-order valence-electron chi connectivity index (χ2n) is 4.38. The van der Waals surface area contributed by atoms with Crippen molar-refractivity contribution in [3.63, 3.8) is 0 Å². The van der Waals surface area contributed by atoms with E-state index in [1.54, 1.807) is 0 Å². The van der Waals surface area contributed by atoms with E-state index in [4.69, 9.17) is 0 Å². The molecule has 0 amide bonds. The Bertz CT molecular complexity index is 132. The topological polar surface area (TPSA) is 24.1 Å². The highest BCUT2D eigenvalue weighted by molar-refractivity contribution is 4.86. The Morgan fingerprint density at radius 3 is 2.31 bits per heavy atom. The molecule has 1 saturated carbocycles. The molecule has 0 aromatic heterocycles. The summed E-state index contributed by atoms with van der Waals surface area (Å²) < 4.78 is 0. The fourth-order valence-corrected chi connectivity index (χ4v) is 2.27. The smallest absolute Gasteiger partial charge is 0.0223 e. The van der Waals surface area contributed by atoms with Gasteiger partial charge in [-0.3, -0.25) is 0 Å². The molecule has 0 aliphatic heterocycles. The molecule has 0 aromatic rings. The van der Waals surface area contributed by atoms with E-state index in [2.05, 4.69) is 31.4 Å². The van der Waals surface area contributed by atoms with Crippen LogP contribution in [0.3, 0.4) is 0 Å². The van der Waals surface area contributed by atoms with Gasteiger partial charge in [-0.15, -0.1) is 0 Å². The molecule has 0 heterocycles. The third-order valence-electron chi connectivity index (χ3n) is 2.78. The van der Waals surface area contributed by atoms with Crippen molar-refractivity contribution in [2.75, 3.05) is 6.54 Å². The Kier molecular flexibility index (Phi) is 4.74. The number of likely N-dealkylation sites (N-methyl/N-ethyl adjacent to an activating group) is 1. The Morgan fingerprint density at radius 1 is 1.15 bits per heavy atom. The molecule has 1 aliphatic carbocycles. The fraction of sp³-hybridized carbons (Fsp3) is 1.00. The first-order valence-electron chi connectivity index (χ1n) is 5.73. The first kappa shape index (κ1) is 11.0. The standard InChI is InChI=1S/C11H24N2/c1-4-12-10-7-5-6-8-11(10)13-9(2)3/h9-13H,4-8H2,1-3H3. The summed E-state index contributed by atoms with van der Waals surface area (Å²) in [4.78, 5) is 0. The van der Waals surface area contributed by atoms with Crippen molar-refractivity contribution in [2.45, 2.75) is 64.6 Å². The predicted octanol–water partition coefficient (Wildman–Crippen LogP) is 1.91. The average molecular weight is 184 g/mol. The summed E-state index contributed by atoms with van der Waals surface area (Å²) in [6, 6.07) is 2.03. The zero-order chi connectivity index (χ0) is 9.68. The number of hydrogen-bond acceptors (Lipinski definition) is 2. The SMILES string of the molecule is CCNC1CCCCC1NC(C)C. The zero-order valence-electron chi connectivity index (χ0n) is 9.27. The maximum absolute atomic E-state index is 3.65. The lowest BCUT2D eigenvalue weighted by molar-refractivity contribution is 0.274. The quantitative estimate of drug-likeness (QED) is 0.697. The van der Waals surface area contributed by atoms with Crippen LogP contribution in [0.1, 0.15) is 46.5 Å². The lowest BCUT2D eigenvalue weighted by Crippen LogP contribution is -2.51. The molecule has 2 unspecified atom stereocenters. The molecule has 1 rings (SSSR count). The summed E-state index contributed by atoms with van der Waals surface area (Å²) in [7, 11) is 0. The highest BCUT2D eigenvalue weighted by Gasteiger charge is 2.23. The van der Waals surface area contributed by atoms with E-state index >= 15 is 0 Å². The minimum absolute atomic E-state index is 0.615. The van der Waals surface area contributed by atoms with Gasteiger partial charge in [0, 0.05) is 18.1 Å². The van der Waals surface area contributed by atoms with Crippen molar-refractivity contribution in [1.82, 2.24) is 10.6 Å². The molecule has 2 nitrogen and oxygen atoms in total. The molecule has 0 radical (unpaired) electrons. The molecule has 0 aromatic carbocycles. The van der Waals surface area contributed by atoms with Crippen LogP contribution in [0.2, 0.25) is 0 Å². The van der Waals surface area contributed by atoms with Crippen LogP contribution in [0.15, 0.2) is 0 Å². The lowest BCUT2D eigenvalue weighted by atomic mass is 9.90. The second kappa shape index (κ2) is 5.61. The van der Waals surface area contributed by atoms with Gasteiger partial charge in [-0.2, -0.15) is 0 Å². The zero-order valence-corrected chi connectivity index (χ0v) is 9.27. The normalized spacial score (nSPS) is 29.5. The third-order valence-corrected chi connectivity index (χ3v) is 2.78. The monoisotopic (exact) mass is 184 g/mol. The van der Waals surface area contributed by atoms with Gasteiger partial charge >= 0.3 is 0 Å². The largest absolute Gasteiger partial charge is 0.313 e. The Labute approximate surface area is 82.5 Å². The van der Waals surface area contributed by atoms with Gasteiger partial charge in [0.1, 0.15) is 0 Å². The molecule has 2 heteroatoms. The molecule has 1 fully saturated rings. The number of rotatable bonds is 4. The van der Waals surface area contributed by atoms with Gasteiger partial charge in [0.05, 0.1) is 0 Å². The van der Waals surface area contributed by atoms with E-state index in [9.17, 15) is 0 Å². The van der Waals surface area contributed by atoms with Crippen molar-refractivity contribution < 1.29 is 0 Å². The molecule has 0 spiro atoms. The maximum Gasteiger partial charge on any atom is 0.0223 e. The minimum atomic E-state index is 0.615. The van der Waals surface area contributed by atoms with Crippen LogP contribution in [0.4, 0.5) is 0 Å². The predicted molar refractivity (Wildman–Crippen MR) is 58.0 cm³/mol. The van der Waals surface area contributed by atoms with Gasteiger partial charge in [0.15, 0.2) is 0 Å². The van der Waals surface area contributed by atoms with E-state index < -0.39 is 0 Å². The molecule has 0 saturated heterocycles. The average Bonchev–Trinajstić information content (AvgIpc) is 2.08. The summed E-state index contributed by atoms with van der Waals surface area (Å²) in [5.74, 6) is 0. The molecular formula is C11H24N2. The Balaban J connectivity index is 2.36. The third kappa shape index (κ3) is 3.65. The number of nitrogens with one attached hydrogen (secondary N) is 2. The summed E-state index contributed by atoms with van der Waals surface area (Å²) in [5.41, 5.74) is 0. The molecule has 78 valence electrons. The van der Waals surface area contributed by atoms with Gasteiger partial charge in [0.2, 0.25) is 0 Å². The summed E-state index contributed by atoms with van der Waals surface area (Å²) >= 11 is 0. The first-order valence-corrected chi connectivity index (χ1v) is 5.73. The van der Waals surface area contributed by atoms with Gasteiger partial charge in [0.25, 0.3) is 0 Å². The highest BCUT2D eigenvalue weighted by atomic mass is 15.0. The second-order valence-corrected chi connectivity index (χ2v) is 4.38. The lowest BCUT2D eigenvalue weighted by Gasteiger charge is -2.34. The molecule has 2 atom stereocenters. The minimum Gasteiger partial charge on any atom is -0.313 e. The molecule has 13 heavy (non-hydrogen) atoms. The van der Waals surface area contributed by atoms with Gasteiger partial charge < -0.3 is 10.6 Å². The Morgan fingerprint density at radius 2 is 1.77 bits per heavy atom. The summed E-state index contributed by atoms with van der Waals surface area (Å²) in [6.07, 6.45) is 5.48. The van der Waals surface area contributed by atoms with Crippen LogP contribution in [0.25, 0.3) is 0 Å². The van der Waals surface area contributed by atoms with E-state index in [0.29, 0.717) is 18.1 Å². The van der Waals surface area contributed by atoms with Crippen LogP contribution in [0, 0.1) is 0 Å². The highest BCUT2D eigenvalue weighted by Crippen LogP contribution is 2.18. The van der Waals surface area contributed by atoms with Crippen LogP contribution in [0.5, 0.6) is 0 Å². The van der Waals surface area contributed by atoms with Crippen LogP contribution >= 0.6 is 0 Å². The molecule has 0 bridgehead atoms. The van der Waals surface area contributed by atoms with Crippen LogP contribution in [-0.2, 0) is 0 Å². The van der Waals surface area contributed by atoms with Crippen molar-refractivity contribution in [3.8, 4) is 0 Å². The van der Waals surface area contributed by atoms with Crippen molar-refractivity contribution in [3.05, 3.63) is 0 Å². The Hall–Kier alpha value is -0.0800. The van der Waals surface area contributed by atoms with Crippen molar-refractivity contribution in [1.29, 1.82) is 0 Å². The van der Waals surface area contributed by atoms with Gasteiger partial charge in [-0.25, -0.2) is 0 Å². The van der Waals surface area contributed by atoms with Crippen molar-refractivity contribution in [2.24, 2.45) is 0 Å². The van der Waals surface area contributed by atoms with Crippen molar-refractivity contribution >= 4 is 0 Å². The van der Waals surface area contributed by atoms with Crippen LogP contribution < -0.4 is 10.6 Å². The van der Waals surface area contributed by atoms with Gasteiger partial charge in [-0.05, 0) is 19.4 Å². The number of hydrogen-bond donors (Lipinski definition) is 2. The molecule has 2 N–H and O–H groups in total. The van der Waals surface area contributed by atoms with E-state index in [0.717, 1.165) is 6.54 Å². The van der Waals surface area contributed by atoms with E-state index in [1.807, 2.05) is 0 Å². The van der Waals surface area contributed by atoms with Crippen LogP contribution in [-0.4, -0.2) is 24.7 Å². The maximum atomic E-state index is 3.65. The summed E-state index contributed by atoms with van der Waals surface area (Å²) in [6.45, 7) is 7.76. The van der Waals surface area contributed by atoms with E-state index in [1.165, 1.54) is 25.7 Å². The van der Waals surface area contributed by atoms with Gasteiger partial charge in [-0.1, -0.05) is 33.6 Å². The fourth-order valence-electron chi connectivity index (χ4n) is 2.27. The summed E-state index contributed by atoms with van der Waals surface area (Å²) in [5, 5.41) is 7.23. The molecule has 1 aliphatic rings. The van der Waals surface area contributed by atoms with E-state index in [-0.39, 0.29) is 0 Å².